The Morgan fingerprint density at radius 2 is 2.24 bits per heavy atom. The van der Waals surface area contributed by atoms with E-state index in [1.54, 1.807) is 30.6 Å². The number of amides is 1. The number of aromatic nitrogens is 5. The molecule has 146 valence electrons. The monoisotopic (exact) mass is 388 g/mol. The third kappa shape index (κ3) is 3.31. The van der Waals surface area contributed by atoms with Crippen molar-refractivity contribution in [3.8, 4) is 0 Å². The summed E-state index contributed by atoms with van der Waals surface area (Å²) in [6.45, 7) is 3.48. The molecule has 1 fully saturated rings. The van der Waals surface area contributed by atoms with E-state index in [9.17, 15) is 4.79 Å². The van der Waals surface area contributed by atoms with Crippen molar-refractivity contribution in [3.63, 3.8) is 0 Å². The highest BCUT2D eigenvalue weighted by molar-refractivity contribution is 6.09. The van der Waals surface area contributed by atoms with Gasteiger partial charge in [0.05, 0.1) is 35.6 Å². The summed E-state index contributed by atoms with van der Waals surface area (Å²) in [5.74, 6) is 0.661. The third-order valence-electron chi connectivity index (χ3n) is 5.24. The van der Waals surface area contributed by atoms with Gasteiger partial charge in [-0.2, -0.15) is 0 Å². The van der Waals surface area contributed by atoms with E-state index in [4.69, 9.17) is 4.74 Å². The number of hydrogen-bond acceptors (Lipinski definition) is 6. The minimum absolute atomic E-state index is 0.173. The fraction of sp³-hybridized carbons (Fsp3) is 0.286. The molecule has 0 spiro atoms. The first-order valence-corrected chi connectivity index (χ1v) is 9.65. The second kappa shape index (κ2) is 7.21. The SMILES string of the molecule is Cc1nc2nnc3ccc(C(=O)Nc4cccnc4)cc3c2n1C[C@H]1CCCO1. The lowest BCUT2D eigenvalue weighted by molar-refractivity contribution is 0.0974. The summed E-state index contributed by atoms with van der Waals surface area (Å²) in [7, 11) is 0. The number of benzene rings is 1. The topological polar surface area (TPSA) is 94.8 Å². The van der Waals surface area contributed by atoms with Crippen molar-refractivity contribution in [1.29, 1.82) is 0 Å². The lowest BCUT2D eigenvalue weighted by atomic mass is 10.1. The Morgan fingerprint density at radius 1 is 1.31 bits per heavy atom. The first-order chi connectivity index (χ1) is 14.2. The standard InChI is InChI=1S/C21H20N6O2/c1-13-23-20-19(27(13)12-16-5-3-9-29-16)17-10-14(6-7-18(17)25-26-20)21(28)24-15-4-2-8-22-11-15/h2,4,6-8,10-11,16H,3,5,9,12H2,1H3,(H,24,28)/t16-/m1/s1. The van der Waals surface area contributed by atoms with Crippen LogP contribution in [0.5, 0.6) is 0 Å². The Bertz CT molecular complexity index is 1200. The molecule has 0 unspecified atom stereocenters. The lowest BCUT2D eigenvalue weighted by Crippen LogP contribution is -2.16. The van der Waals surface area contributed by atoms with Crippen LogP contribution in [0.1, 0.15) is 29.0 Å². The third-order valence-corrected chi connectivity index (χ3v) is 5.24. The van der Waals surface area contributed by atoms with Crippen molar-refractivity contribution >= 4 is 33.7 Å². The molecule has 4 aromatic rings. The lowest BCUT2D eigenvalue weighted by Gasteiger charge is -2.13. The first-order valence-electron chi connectivity index (χ1n) is 9.65. The van der Waals surface area contributed by atoms with Crippen LogP contribution in [0.3, 0.4) is 0 Å². The van der Waals surface area contributed by atoms with Crippen molar-refractivity contribution in [2.75, 3.05) is 11.9 Å². The number of nitrogens with zero attached hydrogens (tertiary/aromatic N) is 5. The largest absolute Gasteiger partial charge is 0.376 e. The molecule has 0 aliphatic carbocycles. The van der Waals surface area contributed by atoms with E-state index in [0.717, 1.165) is 48.2 Å². The number of pyridine rings is 1. The molecule has 4 heterocycles. The zero-order valence-corrected chi connectivity index (χ0v) is 16.0. The summed E-state index contributed by atoms with van der Waals surface area (Å²) in [5.41, 5.74) is 3.38. The smallest absolute Gasteiger partial charge is 0.255 e. The molecule has 1 saturated heterocycles. The molecule has 0 bridgehead atoms. The molecule has 1 aliphatic heterocycles. The van der Waals surface area contributed by atoms with E-state index < -0.39 is 0 Å². The number of nitrogens with one attached hydrogen (secondary N) is 1. The van der Waals surface area contributed by atoms with E-state index in [0.29, 0.717) is 16.9 Å². The van der Waals surface area contributed by atoms with E-state index in [-0.39, 0.29) is 12.0 Å². The molecule has 8 heteroatoms. The van der Waals surface area contributed by atoms with Gasteiger partial charge in [0.15, 0.2) is 0 Å². The summed E-state index contributed by atoms with van der Waals surface area (Å²) in [5, 5.41) is 12.3. The second-order valence-electron chi connectivity index (χ2n) is 7.20. The van der Waals surface area contributed by atoms with Gasteiger partial charge in [-0.25, -0.2) is 4.98 Å². The van der Waals surface area contributed by atoms with Gasteiger partial charge in [0.1, 0.15) is 5.82 Å². The Hall–Kier alpha value is -3.39. The van der Waals surface area contributed by atoms with Crippen LogP contribution in [0.2, 0.25) is 0 Å². The van der Waals surface area contributed by atoms with E-state index >= 15 is 0 Å². The number of imidazole rings is 1. The Morgan fingerprint density at radius 3 is 3.03 bits per heavy atom. The van der Waals surface area contributed by atoms with Crippen LogP contribution in [-0.4, -0.2) is 43.4 Å². The van der Waals surface area contributed by atoms with Gasteiger partial charge >= 0.3 is 0 Å². The van der Waals surface area contributed by atoms with Crippen LogP contribution in [-0.2, 0) is 11.3 Å². The highest BCUT2D eigenvalue weighted by atomic mass is 16.5. The van der Waals surface area contributed by atoms with Gasteiger partial charge in [-0.05, 0) is 50.1 Å². The number of hydrogen-bond donors (Lipinski definition) is 1. The van der Waals surface area contributed by atoms with Gasteiger partial charge in [-0.3, -0.25) is 9.78 Å². The van der Waals surface area contributed by atoms with Gasteiger partial charge in [0, 0.05) is 23.8 Å². The van der Waals surface area contributed by atoms with Crippen LogP contribution in [0.25, 0.3) is 22.1 Å². The molecule has 3 aromatic heterocycles. The van der Waals surface area contributed by atoms with Crippen LogP contribution in [0.15, 0.2) is 42.7 Å². The Kier molecular flexibility index (Phi) is 4.40. The highest BCUT2D eigenvalue weighted by Gasteiger charge is 2.21. The fourth-order valence-corrected chi connectivity index (χ4v) is 3.80. The van der Waals surface area contributed by atoms with Gasteiger partial charge in [-0.15, -0.1) is 10.2 Å². The fourth-order valence-electron chi connectivity index (χ4n) is 3.80. The molecule has 1 aromatic carbocycles. The van der Waals surface area contributed by atoms with E-state index in [2.05, 4.69) is 30.0 Å². The highest BCUT2D eigenvalue weighted by Crippen LogP contribution is 2.26. The van der Waals surface area contributed by atoms with Crippen LogP contribution in [0, 0.1) is 6.92 Å². The first kappa shape index (κ1) is 17.7. The summed E-state index contributed by atoms with van der Waals surface area (Å²) in [4.78, 5) is 21.3. The summed E-state index contributed by atoms with van der Waals surface area (Å²) in [6.07, 6.45) is 5.57. The molecular weight excluding hydrogens is 368 g/mol. The quantitative estimate of drug-likeness (QED) is 0.577. The predicted molar refractivity (Wildman–Crippen MR) is 109 cm³/mol. The molecule has 1 aliphatic rings. The van der Waals surface area contributed by atoms with Crippen molar-refractivity contribution in [3.05, 3.63) is 54.1 Å². The number of rotatable bonds is 4. The maximum Gasteiger partial charge on any atom is 0.255 e. The molecule has 1 atom stereocenters. The Balaban J connectivity index is 1.58. The summed E-state index contributed by atoms with van der Waals surface area (Å²) in [6, 6.07) is 9.00. The zero-order valence-electron chi connectivity index (χ0n) is 16.0. The number of carbonyl (C=O) groups excluding carboxylic acids is 1. The van der Waals surface area contributed by atoms with Gasteiger partial charge < -0.3 is 14.6 Å². The average molecular weight is 388 g/mol. The molecule has 1 N–H and O–H groups in total. The molecular formula is C21H20N6O2. The minimum atomic E-state index is -0.202. The molecule has 5 rings (SSSR count). The van der Waals surface area contributed by atoms with Crippen molar-refractivity contribution < 1.29 is 9.53 Å². The van der Waals surface area contributed by atoms with Crippen molar-refractivity contribution in [2.24, 2.45) is 0 Å². The average Bonchev–Trinajstić information content (AvgIpc) is 3.36. The van der Waals surface area contributed by atoms with E-state index in [1.165, 1.54) is 0 Å². The molecule has 29 heavy (non-hydrogen) atoms. The number of aryl methyl sites for hydroxylation is 1. The minimum Gasteiger partial charge on any atom is -0.376 e. The predicted octanol–water partition coefficient (Wildman–Crippen LogP) is 3.11. The van der Waals surface area contributed by atoms with Crippen LogP contribution in [0.4, 0.5) is 5.69 Å². The maximum atomic E-state index is 12.7. The second-order valence-corrected chi connectivity index (χ2v) is 7.20. The number of anilines is 1. The van der Waals surface area contributed by atoms with E-state index in [1.807, 2.05) is 19.1 Å². The normalized spacial score (nSPS) is 16.5. The van der Waals surface area contributed by atoms with Gasteiger partial charge in [0.25, 0.3) is 5.91 Å². The summed E-state index contributed by atoms with van der Waals surface area (Å²) < 4.78 is 7.95. The summed E-state index contributed by atoms with van der Waals surface area (Å²) >= 11 is 0. The van der Waals surface area contributed by atoms with Crippen molar-refractivity contribution in [1.82, 2.24) is 24.7 Å². The van der Waals surface area contributed by atoms with Crippen LogP contribution < -0.4 is 5.32 Å². The number of fused-ring (bicyclic) bond motifs is 3. The Labute approximate surface area is 166 Å². The zero-order chi connectivity index (χ0) is 19.8. The van der Waals surface area contributed by atoms with Crippen LogP contribution >= 0.6 is 0 Å². The molecule has 1 amide bonds. The van der Waals surface area contributed by atoms with Gasteiger partial charge in [-0.1, -0.05) is 0 Å². The molecule has 0 saturated carbocycles. The van der Waals surface area contributed by atoms with Gasteiger partial charge in [0.2, 0.25) is 5.65 Å². The molecule has 8 nitrogen and oxygen atoms in total. The number of carbonyl (C=O) groups is 1. The molecule has 0 radical (unpaired) electrons. The van der Waals surface area contributed by atoms with Crippen molar-refractivity contribution in [2.45, 2.75) is 32.4 Å². The number of ether oxygens (including phenoxy) is 1. The maximum absolute atomic E-state index is 12.7.